The van der Waals surface area contributed by atoms with E-state index >= 15 is 0 Å². The van der Waals surface area contributed by atoms with Gasteiger partial charge < -0.3 is 0 Å². The second-order valence-electron chi connectivity index (χ2n) is 4.16. The van der Waals surface area contributed by atoms with Gasteiger partial charge >= 0.3 is 0 Å². The number of rotatable bonds is 3. The highest BCUT2D eigenvalue weighted by Gasteiger charge is 2.21. The van der Waals surface area contributed by atoms with Crippen molar-refractivity contribution < 1.29 is 13.0 Å². The zero-order valence-electron chi connectivity index (χ0n) is 10.4. The minimum atomic E-state index is -3.81. The lowest BCUT2D eigenvalue weighted by molar-refractivity contribution is 0.315. The molecule has 0 aliphatic carbocycles. The molecule has 3 aromatic rings. The predicted octanol–water partition coefficient (Wildman–Crippen LogP) is 1.73. The van der Waals surface area contributed by atoms with E-state index in [9.17, 15) is 8.42 Å². The molecule has 102 valence electrons. The van der Waals surface area contributed by atoms with E-state index < -0.39 is 10.0 Å². The van der Waals surface area contributed by atoms with Gasteiger partial charge in [-0.3, -0.25) is 4.72 Å². The average Bonchev–Trinajstić information content (AvgIpc) is 2.89. The zero-order chi connectivity index (χ0) is 14.2. The third-order valence-electron chi connectivity index (χ3n) is 2.78. The number of pyridine rings is 1. The second-order valence-corrected chi connectivity index (χ2v) is 5.81. The molecule has 0 atom stereocenters. The van der Waals surface area contributed by atoms with Crippen molar-refractivity contribution in [2.75, 3.05) is 4.72 Å². The van der Waals surface area contributed by atoms with Gasteiger partial charge in [0.25, 0.3) is 10.0 Å². The van der Waals surface area contributed by atoms with Crippen LogP contribution >= 0.6 is 0 Å². The van der Waals surface area contributed by atoms with Gasteiger partial charge in [-0.05, 0) is 41.0 Å². The SMILES string of the molecule is Cc1cccnc1NS(=O)(=O)c1cccc2nonc12. The summed E-state index contributed by atoms with van der Waals surface area (Å²) in [5.41, 5.74) is 1.29. The number of hydrogen-bond donors (Lipinski definition) is 1. The monoisotopic (exact) mass is 290 g/mol. The van der Waals surface area contributed by atoms with E-state index in [0.29, 0.717) is 5.52 Å². The van der Waals surface area contributed by atoms with E-state index in [4.69, 9.17) is 0 Å². The Morgan fingerprint density at radius 2 is 2.00 bits per heavy atom. The molecule has 0 unspecified atom stereocenters. The number of benzene rings is 1. The molecular weight excluding hydrogens is 280 g/mol. The van der Waals surface area contributed by atoms with Gasteiger partial charge in [0.2, 0.25) is 0 Å². The van der Waals surface area contributed by atoms with Gasteiger partial charge in [0.05, 0.1) is 0 Å². The molecule has 0 radical (unpaired) electrons. The average molecular weight is 290 g/mol. The molecule has 2 aromatic heterocycles. The van der Waals surface area contributed by atoms with Gasteiger partial charge in [-0.25, -0.2) is 18.0 Å². The van der Waals surface area contributed by atoms with Crippen LogP contribution in [0.4, 0.5) is 5.82 Å². The van der Waals surface area contributed by atoms with Gasteiger partial charge in [-0.15, -0.1) is 0 Å². The Labute approximate surface area is 114 Å². The van der Waals surface area contributed by atoms with Gasteiger partial charge in [0.15, 0.2) is 5.52 Å². The molecule has 1 aromatic carbocycles. The van der Waals surface area contributed by atoms with Crippen LogP contribution in [0.1, 0.15) is 5.56 Å². The van der Waals surface area contributed by atoms with Crippen LogP contribution in [0.5, 0.6) is 0 Å². The molecule has 0 aliphatic heterocycles. The summed E-state index contributed by atoms with van der Waals surface area (Å²) < 4.78 is 31.8. The molecular formula is C12H10N4O3S. The summed E-state index contributed by atoms with van der Waals surface area (Å²) in [5, 5.41) is 7.25. The molecule has 0 amide bonds. The minimum Gasteiger partial charge on any atom is -0.263 e. The predicted molar refractivity (Wildman–Crippen MR) is 71.6 cm³/mol. The van der Waals surface area contributed by atoms with E-state index in [1.165, 1.54) is 12.3 Å². The first kappa shape index (κ1) is 12.5. The first-order valence-corrected chi connectivity index (χ1v) is 7.22. The number of aromatic nitrogens is 3. The van der Waals surface area contributed by atoms with Crippen LogP contribution in [0, 0.1) is 6.92 Å². The molecule has 0 spiro atoms. The van der Waals surface area contributed by atoms with Crippen molar-refractivity contribution in [3.63, 3.8) is 0 Å². The summed E-state index contributed by atoms with van der Waals surface area (Å²) >= 11 is 0. The Hall–Kier alpha value is -2.48. The highest BCUT2D eigenvalue weighted by Crippen LogP contribution is 2.22. The lowest BCUT2D eigenvalue weighted by Crippen LogP contribution is -2.15. The second kappa shape index (κ2) is 4.57. The molecule has 0 fully saturated rings. The maximum Gasteiger partial charge on any atom is 0.265 e. The Morgan fingerprint density at radius 1 is 1.15 bits per heavy atom. The first-order valence-electron chi connectivity index (χ1n) is 5.74. The number of nitrogens with one attached hydrogen (secondary N) is 1. The number of fused-ring (bicyclic) bond motifs is 1. The van der Waals surface area contributed by atoms with Crippen molar-refractivity contribution in [1.82, 2.24) is 15.3 Å². The summed E-state index contributed by atoms with van der Waals surface area (Å²) in [4.78, 5) is 4.01. The molecule has 0 bridgehead atoms. The molecule has 0 aliphatic rings. The van der Waals surface area contributed by atoms with Crippen LogP contribution in [0.2, 0.25) is 0 Å². The lowest BCUT2D eigenvalue weighted by Gasteiger charge is -2.09. The summed E-state index contributed by atoms with van der Waals surface area (Å²) in [6.45, 7) is 1.77. The quantitative estimate of drug-likeness (QED) is 0.788. The van der Waals surface area contributed by atoms with Crippen molar-refractivity contribution >= 4 is 26.9 Å². The number of aryl methyl sites for hydroxylation is 1. The van der Waals surface area contributed by atoms with E-state index in [0.717, 1.165) is 5.56 Å². The van der Waals surface area contributed by atoms with Crippen LogP contribution in [-0.2, 0) is 10.0 Å². The summed E-state index contributed by atoms with van der Waals surface area (Å²) in [6, 6.07) is 8.13. The summed E-state index contributed by atoms with van der Waals surface area (Å²) in [7, 11) is -3.81. The largest absolute Gasteiger partial charge is 0.265 e. The maximum atomic E-state index is 12.4. The number of nitrogens with zero attached hydrogens (tertiary/aromatic N) is 3. The normalized spacial score (nSPS) is 11.7. The minimum absolute atomic E-state index is 0.00121. The number of hydrogen-bond acceptors (Lipinski definition) is 6. The van der Waals surface area contributed by atoms with Gasteiger partial charge in [0.1, 0.15) is 16.2 Å². The smallest absolute Gasteiger partial charge is 0.263 e. The Balaban J connectivity index is 2.09. The standard InChI is InChI=1S/C12H10N4O3S/c1-8-4-3-7-13-12(8)16-20(17,18)10-6-2-5-9-11(10)15-19-14-9/h2-7H,1H3,(H,13,16). The molecule has 1 N–H and O–H groups in total. The third kappa shape index (κ3) is 2.10. The number of sulfonamides is 1. The van der Waals surface area contributed by atoms with Crippen molar-refractivity contribution in [1.29, 1.82) is 0 Å². The van der Waals surface area contributed by atoms with Crippen LogP contribution in [0.25, 0.3) is 11.0 Å². The third-order valence-corrected chi connectivity index (χ3v) is 4.15. The van der Waals surface area contributed by atoms with Crippen LogP contribution < -0.4 is 4.72 Å². The maximum absolute atomic E-state index is 12.4. The van der Waals surface area contributed by atoms with E-state index in [2.05, 4.69) is 24.6 Å². The summed E-state index contributed by atoms with van der Waals surface area (Å²) in [6.07, 6.45) is 1.52. The van der Waals surface area contributed by atoms with Crippen molar-refractivity contribution in [2.24, 2.45) is 0 Å². The van der Waals surface area contributed by atoms with Crippen LogP contribution in [0.15, 0.2) is 46.1 Å². The van der Waals surface area contributed by atoms with Crippen molar-refractivity contribution in [3.8, 4) is 0 Å². The Bertz CT molecular complexity index is 873. The van der Waals surface area contributed by atoms with E-state index in [-0.39, 0.29) is 16.2 Å². The van der Waals surface area contributed by atoms with Crippen molar-refractivity contribution in [3.05, 3.63) is 42.1 Å². The van der Waals surface area contributed by atoms with Crippen LogP contribution in [-0.4, -0.2) is 23.7 Å². The molecule has 3 rings (SSSR count). The van der Waals surface area contributed by atoms with Crippen LogP contribution in [0.3, 0.4) is 0 Å². The molecule has 0 saturated heterocycles. The fraction of sp³-hybridized carbons (Fsp3) is 0.0833. The highest BCUT2D eigenvalue weighted by atomic mass is 32.2. The van der Waals surface area contributed by atoms with E-state index in [1.54, 1.807) is 31.2 Å². The molecule has 8 heteroatoms. The van der Waals surface area contributed by atoms with Gasteiger partial charge in [-0.1, -0.05) is 12.1 Å². The molecule has 7 nitrogen and oxygen atoms in total. The Kier molecular flexibility index (Phi) is 2.87. The number of anilines is 1. The Morgan fingerprint density at radius 3 is 2.80 bits per heavy atom. The van der Waals surface area contributed by atoms with E-state index in [1.807, 2.05) is 0 Å². The topological polar surface area (TPSA) is 98.0 Å². The molecule has 20 heavy (non-hydrogen) atoms. The fourth-order valence-corrected chi connectivity index (χ4v) is 3.01. The molecule has 0 saturated carbocycles. The highest BCUT2D eigenvalue weighted by molar-refractivity contribution is 7.93. The van der Waals surface area contributed by atoms with Gasteiger partial charge in [0, 0.05) is 6.20 Å². The zero-order valence-corrected chi connectivity index (χ0v) is 11.3. The molecule has 2 heterocycles. The lowest BCUT2D eigenvalue weighted by atomic mass is 10.3. The first-order chi connectivity index (χ1) is 9.58. The van der Waals surface area contributed by atoms with Crippen molar-refractivity contribution in [2.45, 2.75) is 11.8 Å². The fourth-order valence-electron chi connectivity index (χ4n) is 1.77. The summed E-state index contributed by atoms with van der Waals surface area (Å²) in [5.74, 6) is 0.279. The van der Waals surface area contributed by atoms with Gasteiger partial charge in [-0.2, -0.15) is 0 Å².